The predicted octanol–water partition coefficient (Wildman–Crippen LogP) is 3.49. The Labute approximate surface area is 183 Å². The fourth-order valence-electron chi connectivity index (χ4n) is 2.82. The molecule has 1 aromatic carbocycles. The topological polar surface area (TPSA) is 56.7 Å². The first-order valence-corrected chi connectivity index (χ1v) is 10.3. The number of nitrogens with one attached hydrogen (secondary N) is 2. The minimum atomic E-state index is -0.202. The fourth-order valence-corrected chi connectivity index (χ4v) is 3.66. The van der Waals surface area contributed by atoms with Crippen molar-refractivity contribution in [2.24, 2.45) is 4.99 Å². The summed E-state index contributed by atoms with van der Waals surface area (Å²) in [5, 5.41) is 6.71. The van der Waals surface area contributed by atoms with Gasteiger partial charge in [0, 0.05) is 43.5 Å². The molecule has 8 heteroatoms. The Kier molecular flexibility index (Phi) is 11.7. The second-order valence-corrected chi connectivity index (χ2v) is 7.41. The van der Waals surface area contributed by atoms with Crippen LogP contribution in [0.3, 0.4) is 0 Å². The molecule has 1 heterocycles. The summed E-state index contributed by atoms with van der Waals surface area (Å²) < 4.78 is 12.9. The van der Waals surface area contributed by atoms with Crippen LogP contribution in [0.4, 0.5) is 4.39 Å². The number of carbonyl (C=O) groups is 1. The maximum atomic E-state index is 12.9. The number of halogens is 2. The SMILES string of the molecule is CCNC(=NCCCSc1ccc(F)cc1)NC1CCN(C(=O)CC)C1.I. The van der Waals surface area contributed by atoms with E-state index in [0.717, 1.165) is 55.6 Å². The monoisotopic (exact) mass is 508 g/mol. The molecular formula is C19H30FIN4OS. The highest BCUT2D eigenvalue weighted by Gasteiger charge is 2.25. The Balaban J connectivity index is 0.00000364. The summed E-state index contributed by atoms with van der Waals surface area (Å²) in [6.07, 6.45) is 2.47. The van der Waals surface area contributed by atoms with Gasteiger partial charge in [0.05, 0.1) is 0 Å². The van der Waals surface area contributed by atoms with Gasteiger partial charge in [0.1, 0.15) is 5.82 Å². The van der Waals surface area contributed by atoms with Gasteiger partial charge in [0.15, 0.2) is 5.96 Å². The van der Waals surface area contributed by atoms with Crippen LogP contribution in [0.1, 0.15) is 33.1 Å². The lowest BCUT2D eigenvalue weighted by Gasteiger charge is -2.18. The number of carbonyl (C=O) groups excluding carboxylic acids is 1. The van der Waals surface area contributed by atoms with Crippen molar-refractivity contribution in [3.8, 4) is 0 Å². The van der Waals surface area contributed by atoms with Crippen LogP contribution >= 0.6 is 35.7 Å². The molecule has 0 radical (unpaired) electrons. The molecule has 1 saturated heterocycles. The summed E-state index contributed by atoms with van der Waals surface area (Å²) >= 11 is 1.71. The molecule has 1 aromatic rings. The van der Waals surface area contributed by atoms with Crippen molar-refractivity contribution in [1.82, 2.24) is 15.5 Å². The predicted molar refractivity (Wildman–Crippen MR) is 122 cm³/mol. The summed E-state index contributed by atoms with van der Waals surface area (Å²) in [4.78, 5) is 19.4. The number of aliphatic imine (C=N–C) groups is 1. The van der Waals surface area contributed by atoms with E-state index in [1.54, 1.807) is 23.9 Å². The maximum absolute atomic E-state index is 12.9. The summed E-state index contributed by atoms with van der Waals surface area (Å²) in [6, 6.07) is 6.84. The third-order valence-corrected chi connectivity index (χ3v) is 5.28. The summed E-state index contributed by atoms with van der Waals surface area (Å²) in [5.74, 6) is 1.77. The first-order chi connectivity index (χ1) is 12.6. The minimum absolute atomic E-state index is 0. The van der Waals surface area contributed by atoms with Crippen molar-refractivity contribution < 1.29 is 9.18 Å². The van der Waals surface area contributed by atoms with Crippen LogP contribution in [0.15, 0.2) is 34.2 Å². The summed E-state index contributed by atoms with van der Waals surface area (Å²) in [6.45, 7) is 7.05. The largest absolute Gasteiger partial charge is 0.357 e. The molecule has 0 saturated carbocycles. The van der Waals surface area contributed by atoms with E-state index in [1.165, 1.54) is 12.1 Å². The Hall–Kier alpha value is -1.03. The van der Waals surface area contributed by atoms with Crippen LogP contribution in [0.5, 0.6) is 0 Å². The molecule has 1 unspecified atom stereocenters. The lowest BCUT2D eigenvalue weighted by atomic mass is 10.3. The number of thioether (sulfide) groups is 1. The number of hydrogen-bond donors (Lipinski definition) is 2. The standard InChI is InChI=1S/C19H29FN4OS.HI/c1-3-18(25)24-12-10-16(14-24)23-19(21-4-2)22-11-5-13-26-17-8-6-15(20)7-9-17;/h6-9,16H,3-5,10-14H2,1-2H3,(H2,21,22,23);1H. The van der Waals surface area contributed by atoms with Gasteiger partial charge in [-0.2, -0.15) is 0 Å². The van der Waals surface area contributed by atoms with Gasteiger partial charge in [0.2, 0.25) is 5.91 Å². The number of likely N-dealkylation sites (tertiary alicyclic amines) is 1. The molecule has 0 spiro atoms. The fraction of sp³-hybridized carbons (Fsp3) is 0.579. The van der Waals surface area contributed by atoms with Crippen molar-refractivity contribution in [3.05, 3.63) is 30.1 Å². The summed E-state index contributed by atoms with van der Waals surface area (Å²) in [7, 11) is 0. The zero-order chi connectivity index (χ0) is 18.8. The molecule has 1 atom stereocenters. The molecule has 5 nitrogen and oxygen atoms in total. The molecule has 2 N–H and O–H groups in total. The minimum Gasteiger partial charge on any atom is -0.357 e. The third kappa shape index (κ3) is 8.68. The zero-order valence-electron chi connectivity index (χ0n) is 16.0. The Morgan fingerprint density at radius 2 is 2.07 bits per heavy atom. The van der Waals surface area contributed by atoms with E-state index in [1.807, 2.05) is 18.7 Å². The Morgan fingerprint density at radius 3 is 2.74 bits per heavy atom. The van der Waals surface area contributed by atoms with Crippen LogP contribution < -0.4 is 10.6 Å². The quantitative estimate of drug-likeness (QED) is 0.186. The molecule has 152 valence electrons. The smallest absolute Gasteiger partial charge is 0.222 e. The lowest BCUT2D eigenvalue weighted by Crippen LogP contribution is -2.45. The Morgan fingerprint density at radius 1 is 1.33 bits per heavy atom. The molecule has 27 heavy (non-hydrogen) atoms. The molecule has 2 rings (SSSR count). The van der Waals surface area contributed by atoms with Gasteiger partial charge in [0.25, 0.3) is 0 Å². The number of rotatable bonds is 8. The molecule has 0 aliphatic carbocycles. The molecule has 1 aliphatic heterocycles. The van der Waals surface area contributed by atoms with Crippen LogP contribution in [-0.4, -0.2) is 54.7 Å². The first-order valence-electron chi connectivity index (χ1n) is 9.33. The highest BCUT2D eigenvalue weighted by molar-refractivity contribution is 14.0. The second kappa shape index (κ2) is 13.2. The van der Waals surface area contributed by atoms with Crippen LogP contribution in [0.2, 0.25) is 0 Å². The van der Waals surface area contributed by atoms with E-state index < -0.39 is 0 Å². The van der Waals surface area contributed by atoms with Crippen LogP contribution in [-0.2, 0) is 4.79 Å². The number of guanidine groups is 1. The molecular weight excluding hydrogens is 478 g/mol. The first kappa shape index (κ1) is 24.0. The lowest BCUT2D eigenvalue weighted by molar-refractivity contribution is -0.129. The van der Waals surface area contributed by atoms with Crippen molar-refractivity contribution in [2.45, 2.75) is 44.0 Å². The molecule has 1 amide bonds. The van der Waals surface area contributed by atoms with Gasteiger partial charge in [-0.25, -0.2) is 4.39 Å². The van der Waals surface area contributed by atoms with E-state index in [-0.39, 0.29) is 41.7 Å². The van der Waals surface area contributed by atoms with E-state index in [2.05, 4.69) is 15.6 Å². The zero-order valence-corrected chi connectivity index (χ0v) is 19.2. The average molecular weight is 508 g/mol. The maximum Gasteiger partial charge on any atom is 0.222 e. The molecule has 1 aliphatic rings. The van der Waals surface area contributed by atoms with E-state index in [9.17, 15) is 9.18 Å². The van der Waals surface area contributed by atoms with Gasteiger partial charge < -0.3 is 15.5 Å². The van der Waals surface area contributed by atoms with Crippen LogP contribution in [0.25, 0.3) is 0 Å². The number of hydrogen-bond acceptors (Lipinski definition) is 3. The normalized spacial score (nSPS) is 16.8. The summed E-state index contributed by atoms with van der Waals surface area (Å²) in [5.41, 5.74) is 0. The molecule has 0 bridgehead atoms. The van der Waals surface area contributed by atoms with Gasteiger partial charge in [-0.15, -0.1) is 35.7 Å². The number of amides is 1. The van der Waals surface area contributed by atoms with Gasteiger partial charge in [-0.3, -0.25) is 9.79 Å². The van der Waals surface area contributed by atoms with Crippen molar-refractivity contribution in [3.63, 3.8) is 0 Å². The molecule has 0 aromatic heterocycles. The van der Waals surface area contributed by atoms with Gasteiger partial charge >= 0.3 is 0 Å². The van der Waals surface area contributed by atoms with E-state index in [0.29, 0.717) is 6.42 Å². The molecule has 1 fully saturated rings. The van der Waals surface area contributed by atoms with E-state index in [4.69, 9.17) is 0 Å². The van der Waals surface area contributed by atoms with Crippen molar-refractivity contribution in [1.29, 1.82) is 0 Å². The highest BCUT2D eigenvalue weighted by atomic mass is 127. The van der Waals surface area contributed by atoms with E-state index >= 15 is 0 Å². The third-order valence-electron chi connectivity index (χ3n) is 4.18. The van der Waals surface area contributed by atoms with Crippen LogP contribution in [0, 0.1) is 5.82 Å². The van der Waals surface area contributed by atoms with Gasteiger partial charge in [-0.05, 0) is 49.8 Å². The average Bonchev–Trinajstić information content (AvgIpc) is 3.11. The van der Waals surface area contributed by atoms with Crippen molar-refractivity contribution >= 4 is 47.6 Å². The number of benzene rings is 1. The highest BCUT2D eigenvalue weighted by Crippen LogP contribution is 2.18. The van der Waals surface area contributed by atoms with Gasteiger partial charge in [-0.1, -0.05) is 6.92 Å². The van der Waals surface area contributed by atoms with Crippen molar-refractivity contribution in [2.75, 3.05) is 31.9 Å². The number of nitrogens with zero attached hydrogens (tertiary/aromatic N) is 2. The Bertz CT molecular complexity index is 600. The second-order valence-electron chi connectivity index (χ2n) is 6.24.